The highest BCUT2D eigenvalue weighted by molar-refractivity contribution is 5.74. The van der Waals surface area contributed by atoms with E-state index in [-0.39, 0.29) is 18.1 Å². The van der Waals surface area contributed by atoms with E-state index in [1.54, 1.807) is 0 Å². The number of likely N-dealkylation sites (tertiary alicyclic amines) is 2. The van der Waals surface area contributed by atoms with Crippen molar-refractivity contribution in [2.24, 2.45) is 5.41 Å². The fourth-order valence-corrected chi connectivity index (χ4v) is 3.28. The summed E-state index contributed by atoms with van der Waals surface area (Å²) in [6, 6.07) is 0.657. The first-order chi connectivity index (χ1) is 10.0. The Hall–Kier alpha value is -0.810. The van der Waals surface area contributed by atoms with Crippen LogP contribution in [0.3, 0.4) is 0 Å². The topological polar surface area (TPSA) is 55.8 Å². The molecule has 122 valence electrons. The van der Waals surface area contributed by atoms with Gasteiger partial charge >= 0.3 is 6.03 Å². The third-order valence-corrected chi connectivity index (χ3v) is 4.84. The molecule has 0 radical (unpaired) electrons. The fraction of sp³-hybridized carbons (Fsp3) is 0.938. The van der Waals surface area contributed by atoms with Gasteiger partial charge in [-0.3, -0.25) is 4.90 Å². The zero-order valence-electron chi connectivity index (χ0n) is 13.6. The molecule has 0 aliphatic carbocycles. The molecular weight excluding hydrogens is 266 g/mol. The number of urea groups is 1. The molecule has 0 saturated carbocycles. The molecule has 5 heteroatoms. The van der Waals surface area contributed by atoms with Crippen LogP contribution >= 0.6 is 0 Å². The molecule has 5 nitrogen and oxygen atoms in total. The number of nitrogens with one attached hydrogen (secondary N) is 1. The Morgan fingerprint density at radius 2 is 2.00 bits per heavy atom. The Labute approximate surface area is 128 Å². The molecule has 0 aromatic heterocycles. The lowest BCUT2D eigenvalue weighted by Gasteiger charge is -2.24. The average Bonchev–Trinajstić information content (AvgIpc) is 3.13. The van der Waals surface area contributed by atoms with Gasteiger partial charge in [-0.05, 0) is 50.6 Å². The van der Waals surface area contributed by atoms with Crippen LogP contribution in [0.1, 0.15) is 46.0 Å². The van der Waals surface area contributed by atoms with Gasteiger partial charge in [0.1, 0.15) is 0 Å². The predicted molar refractivity (Wildman–Crippen MR) is 84.3 cm³/mol. The van der Waals surface area contributed by atoms with E-state index in [1.807, 2.05) is 4.90 Å². The van der Waals surface area contributed by atoms with Gasteiger partial charge in [-0.25, -0.2) is 4.79 Å². The van der Waals surface area contributed by atoms with Crippen LogP contribution in [0.5, 0.6) is 0 Å². The summed E-state index contributed by atoms with van der Waals surface area (Å²) in [6.45, 7) is 9.18. The van der Waals surface area contributed by atoms with Gasteiger partial charge in [-0.15, -0.1) is 0 Å². The fourth-order valence-electron chi connectivity index (χ4n) is 3.28. The highest BCUT2D eigenvalue weighted by Gasteiger charge is 2.31. The van der Waals surface area contributed by atoms with Crippen molar-refractivity contribution in [1.29, 1.82) is 0 Å². The molecule has 2 amide bonds. The van der Waals surface area contributed by atoms with E-state index in [4.69, 9.17) is 0 Å². The number of rotatable bonds is 6. The van der Waals surface area contributed by atoms with Crippen LogP contribution in [0.15, 0.2) is 0 Å². The van der Waals surface area contributed by atoms with Gasteiger partial charge in [-0.1, -0.05) is 13.8 Å². The van der Waals surface area contributed by atoms with Gasteiger partial charge in [0, 0.05) is 32.3 Å². The minimum atomic E-state index is -0.0424. The Morgan fingerprint density at radius 1 is 1.29 bits per heavy atom. The summed E-state index contributed by atoms with van der Waals surface area (Å²) in [6.07, 6.45) is 5.58. The van der Waals surface area contributed by atoms with Gasteiger partial charge in [0.2, 0.25) is 0 Å². The summed E-state index contributed by atoms with van der Waals surface area (Å²) in [5, 5.41) is 12.2. The van der Waals surface area contributed by atoms with Crippen molar-refractivity contribution in [2.75, 3.05) is 39.3 Å². The molecule has 2 heterocycles. The van der Waals surface area contributed by atoms with Crippen LogP contribution in [-0.2, 0) is 0 Å². The van der Waals surface area contributed by atoms with Crippen LogP contribution in [0.4, 0.5) is 4.79 Å². The summed E-state index contributed by atoms with van der Waals surface area (Å²) < 4.78 is 0. The smallest absolute Gasteiger partial charge is 0.317 e. The molecule has 2 fully saturated rings. The quantitative estimate of drug-likeness (QED) is 0.733. The molecule has 0 unspecified atom stereocenters. The maximum atomic E-state index is 12.1. The lowest BCUT2D eigenvalue weighted by molar-refractivity contribution is 0.147. The first kappa shape index (κ1) is 16.6. The van der Waals surface area contributed by atoms with Crippen LogP contribution in [0.25, 0.3) is 0 Å². The molecule has 2 saturated heterocycles. The second kappa shape index (κ2) is 7.45. The first-order valence-corrected chi connectivity index (χ1v) is 8.39. The Balaban J connectivity index is 1.63. The number of carbonyl (C=O) groups excluding carboxylic acids is 1. The van der Waals surface area contributed by atoms with Gasteiger partial charge < -0.3 is 15.3 Å². The number of hydrogen-bond acceptors (Lipinski definition) is 3. The highest BCUT2D eigenvalue weighted by atomic mass is 16.3. The SMILES string of the molecule is CC(C)(CO)CCCNC(=O)N1CC[C@@H](N2CCCC2)C1. The van der Waals surface area contributed by atoms with Crippen LogP contribution < -0.4 is 5.32 Å². The second-order valence-corrected chi connectivity index (χ2v) is 7.29. The van der Waals surface area contributed by atoms with Crippen molar-refractivity contribution < 1.29 is 9.90 Å². The summed E-state index contributed by atoms with van der Waals surface area (Å²) in [7, 11) is 0. The molecule has 0 aromatic carbocycles. The molecule has 2 N–H and O–H groups in total. The third-order valence-electron chi connectivity index (χ3n) is 4.84. The van der Waals surface area contributed by atoms with Gasteiger partial charge in [0.05, 0.1) is 0 Å². The third kappa shape index (κ3) is 4.85. The molecule has 0 aromatic rings. The number of aliphatic hydroxyl groups is 1. The number of aliphatic hydroxyl groups excluding tert-OH is 1. The zero-order chi connectivity index (χ0) is 15.3. The van der Waals surface area contributed by atoms with E-state index in [9.17, 15) is 9.90 Å². The van der Waals surface area contributed by atoms with Gasteiger partial charge in [-0.2, -0.15) is 0 Å². The molecule has 1 atom stereocenters. The Morgan fingerprint density at radius 3 is 2.67 bits per heavy atom. The number of carbonyl (C=O) groups is 1. The normalized spacial score (nSPS) is 23.8. The predicted octanol–water partition coefficient (Wildman–Crippen LogP) is 1.66. The Bertz CT molecular complexity index is 340. The van der Waals surface area contributed by atoms with E-state index in [0.29, 0.717) is 12.6 Å². The van der Waals surface area contributed by atoms with Gasteiger partial charge in [0.15, 0.2) is 0 Å². The molecule has 0 spiro atoms. The van der Waals surface area contributed by atoms with E-state index in [0.717, 1.165) is 32.4 Å². The van der Waals surface area contributed by atoms with E-state index >= 15 is 0 Å². The molecule has 21 heavy (non-hydrogen) atoms. The lowest BCUT2D eigenvalue weighted by atomic mass is 9.89. The molecule has 2 aliphatic heterocycles. The number of nitrogens with zero attached hydrogens (tertiary/aromatic N) is 2. The van der Waals surface area contributed by atoms with E-state index in [2.05, 4.69) is 24.1 Å². The standard InChI is InChI=1S/C16H31N3O2/c1-16(2,13-20)7-5-8-17-15(21)19-11-6-14(12-19)18-9-3-4-10-18/h14,20H,3-13H2,1-2H3,(H,17,21)/t14-/m1/s1. The second-order valence-electron chi connectivity index (χ2n) is 7.29. The van der Waals surface area contributed by atoms with Crippen molar-refractivity contribution >= 4 is 6.03 Å². The largest absolute Gasteiger partial charge is 0.396 e. The average molecular weight is 297 g/mol. The van der Waals surface area contributed by atoms with Crippen molar-refractivity contribution in [1.82, 2.24) is 15.1 Å². The van der Waals surface area contributed by atoms with Crippen molar-refractivity contribution in [3.05, 3.63) is 0 Å². The number of hydrogen-bond donors (Lipinski definition) is 2. The van der Waals surface area contributed by atoms with Crippen LogP contribution in [0, 0.1) is 5.41 Å². The van der Waals surface area contributed by atoms with Crippen molar-refractivity contribution in [3.8, 4) is 0 Å². The summed E-state index contributed by atoms with van der Waals surface area (Å²) >= 11 is 0. The summed E-state index contributed by atoms with van der Waals surface area (Å²) in [4.78, 5) is 16.6. The van der Waals surface area contributed by atoms with E-state index in [1.165, 1.54) is 25.9 Å². The minimum Gasteiger partial charge on any atom is -0.396 e. The molecule has 2 aliphatic rings. The maximum Gasteiger partial charge on any atom is 0.317 e. The van der Waals surface area contributed by atoms with Crippen LogP contribution in [0.2, 0.25) is 0 Å². The van der Waals surface area contributed by atoms with E-state index < -0.39 is 0 Å². The first-order valence-electron chi connectivity index (χ1n) is 8.39. The summed E-state index contributed by atoms with van der Waals surface area (Å²) in [5.74, 6) is 0. The lowest BCUT2D eigenvalue weighted by Crippen LogP contribution is -2.42. The minimum absolute atomic E-state index is 0.0424. The summed E-state index contributed by atoms with van der Waals surface area (Å²) in [5.41, 5.74) is -0.0424. The molecule has 2 rings (SSSR count). The highest BCUT2D eigenvalue weighted by Crippen LogP contribution is 2.21. The molecular formula is C16H31N3O2. The zero-order valence-corrected chi connectivity index (χ0v) is 13.6. The maximum absolute atomic E-state index is 12.1. The van der Waals surface area contributed by atoms with Gasteiger partial charge in [0.25, 0.3) is 0 Å². The number of amides is 2. The van der Waals surface area contributed by atoms with Crippen molar-refractivity contribution in [3.63, 3.8) is 0 Å². The Kier molecular flexibility index (Phi) is 5.88. The van der Waals surface area contributed by atoms with Crippen LogP contribution in [-0.4, -0.2) is 66.3 Å². The monoisotopic (exact) mass is 297 g/mol. The van der Waals surface area contributed by atoms with Crippen molar-refractivity contribution in [2.45, 2.75) is 52.0 Å². The molecule has 0 bridgehead atoms.